The molecule has 5 aliphatic rings. The Hall–Kier alpha value is -1.45. The molecule has 114 valence electrons. The first-order chi connectivity index (χ1) is 10.8. The molecule has 0 amide bonds. The van der Waals surface area contributed by atoms with Crippen LogP contribution in [0, 0.1) is 5.92 Å². The van der Waals surface area contributed by atoms with Gasteiger partial charge in [0.1, 0.15) is 0 Å². The topological polar surface area (TPSA) is 25.4 Å². The van der Waals surface area contributed by atoms with E-state index < -0.39 is 0 Å². The van der Waals surface area contributed by atoms with Crippen LogP contribution < -0.4 is 0 Å². The fourth-order valence-electron chi connectivity index (χ4n) is 5.09. The van der Waals surface area contributed by atoms with Crippen molar-refractivity contribution in [2.75, 3.05) is 13.1 Å². The molecule has 0 radical (unpaired) electrons. The second kappa shape index (κ2) is 4.53. The van der Waals surface area contributed by atoms with Gasteiger partial charge in [-0.15, -0.1) is 0 Å². The van der Waals surface area contributed by atoms with Crippen molar-refractivity contribution in [2.45, 2.75) is 43.9 Å². The maximum atomic E-state index is 6.78. The number of morpholine rings is 1. The van der Waals surface area contributed by atoms with Crippen LogP contribution in [0.15, 0.2) is 36.5 Å². The van der Waals surface area contributed by atoms with Crippen molar-refractivity contribution in [1.29, 1.82) is 0 Å². The Morgan fingerprint density at radius 2 is 2.23 bits per heavy atom. The van der Waals surface area contributed by atoms with Gasteiger partial charge >= 0.3 is 0 Å². The van der Waals surface area contributed by atoms with Crippen molar-refractivity contribution in [3.8, 4) is 0 Å². The van der Waals surface area contributed by atoms with Gasteiger partial charge in [0.05, 0.1) is 17.2 Å². The summed E-state index contributed by atoms with van der Waals surface area (Å²) in [6.07, 6.45) is 5.89. The predicted octanol–water partition coefficient (Wildman–Crippen LogP) is 3.55. The lowest BCUT2D eigenvalue weighted by Crippen LogP contribution is -2.70. The molecular weight excluding hydrogens is 272 g/mol. The van der Waals surface area contributed by atoms with Gasteiger partial charge in [-0.05, 0) is 49.4 Å². The number of pyridine rings is 1. The molecule has 1 aromatic heterocycles. The van der Waals surface area contributed by atoms with Gasteiger partial charge in [0.2, 0.25) is 0 Å². The molecular formula is C19H22N2O. The lowest BCUT2D eigenvalue weighted by molar-refractivity contribution is -0.274. The van der Waals surface area contributed by atoms with Crippen LogP contribution in [0.1, 0.15) is 37.9 Å². The third-order valence-electron chi connectivity index (χ3n) is 6.27. The molecule has 22 heavy (non-hydrogen) atoms. The van der Waals surface area contributed by atoms with E-state index in [-0.39, 0.29) is 11.7 Å². The second-order valence-electron chi connectivity index (χ2n) is 7.13. The van der Waals surface area contributed by atoms with Crippen molar-refractivity contribution in [1.82, 2.24) is 9.88 Å². The van der Waals surface area contributed by atoms with E-state index in [2.05, 4.69) is 47.1 Å². The molecule has 7 rings (SSSR count). The summed E-state index contributed by atoms with van der Waals surface area (Å²) in [5, 5.41) is 1.26. The number of nitrogens with zero attached hydrogens (tertiary/aromatic N) is 2. The number of aromatic nitrogens is 1. The third-order valence-corrected chi connectivity index (χ3v) is 6.27. The first-order valence-electron chi connectivity index (χ1n) is 8.56. The van der Waals surface area contributed by atoms with E-state index in [1.807, 2.05) is 6.20 Å². The molecule has 3 heteroatoms. The normalized spacial score (nSPS) is 39.5. The molecule has 0 aliphatic carbocycles. The van der Waals surface area contributed by atoms with Gasteiger partial charge in [-0.1, -0.05) is 25.1 Å². The average molecular weight is 294 g/mol. The summed E-state index contributed by atoms with van der Waals surface area (Å²) < 4.78 is 6.78. The maximum Gasteiger partial charge on any atom is 0.0995 e. The van der Waals surface area contributed by atoms with E-state index in [1.165, 1.54) is 30.3 Å². The quantitative estimate of drug-likeness (QED) is 0.847. The standard InChI is InChI=1S/C19H22N2O/c1-2-19-12-21-10-8-13(19)11-17(21)18(22-19)15-7-9-20-16-6-4-3-5-14(15)16/h3-7,9,13,17-18H,2,8,10-12H2,1H3/t13?,17?,18-,19-/m0/s1. The first-order valence-corrected chi connectivity index (χ1v) is 8.56. The fraction of sp³-hybridized carbons (Fsp3) is 0.526. The average Bonchev–Trinajstić information content (AvgIpc) is 2.61. The molecule has 2 aromatic rings. The molecule has 0 N–H and O–H groups in total. The van der Waals surface area contributed by atoms with E-state index in [0.29, 0.717) is 6.04 Å². The first kappa shape index (κ1) is 13.0. The molecule has 5 saturated heterocycles. The van der Waals surface area contributed by atoms with E-state index in [4.69, 9.17) is 4.74 Å². The zero-order valence-corrected chi connectivity index (χ0v) is 13.0. The van der Waals surface area contributed by atoms with Gasteiger partial charge in [-0.25, -0.2) is 0 Å². The lowest BCUT2D eigenvalue weighted by Gasteiger charge is -2.64. The minimum Gasteiger partial charge on any atom is -0.364 e. The van der Waals surface area contributed by atoms with Gasteiger partial charge in [-0.3, -0.25) is 9.88 Å². The number of hydrogen-bond acceptors (Lipinski definition) is 3. The number of para-hydroxylation sites is 1. The minimum absolute atomic E-state index is 0.0854. The molecule has 6 heterocycles. The molecule has 3 nitrogen and oxygen atoms in total. The van der Waals surface area contributed by atoms with E-state index in [9.17, 15) is 0 Å². The maximum absolute atomic E-state index is 6.78. The summed E-state index contributed by atoms with van der Waals surface area (Å²) >= 11 is 0. The Balaban J connectivity index is 1.64. The van der Waals surface area contributed by atoms with Gasteiger partial charge in [0, 0.05) is 24.2 Å². The SMILES string of the molecule is CC[C@]12CN3CCC1CC3[C@H](c1ccnc3ccccc13)O2. The predicted molar refractivity (Wildman–Crippen MR) is 86.7 cm³/mol. The van der Waals surface area contributed by atoms with Crippen molar-refractivity contribution in [2.24, 2.45) is 5.92 Å². The summed E-state index contributed by atoms with van der Waals surface area (Å²) in [5.74, 6) is 0.761. The van der Waals surface area contributed by atoms with Crippen LogP contribution in [-0.4, -0.2) is 34.6 Å². The van der Waals surface area contributed by atoms with Crippen LogP contribution in [-0.2, 0) is 4.74 Å². The second-order valence-corrected chi connectivity index (χ2v) is 7.13. The van der Waals surface area contributed by atoms with Gasteiger partial charge < -0.3 is 4.74 Å². The summed E-state index contributed by atoms with van der Waals surface area (Å²) in [4.78, 5) is 7.20. The largest absolute Gasteiger partial charge is 0.364 e. The van der Waals surface area contributed by atoms with Crippen LogP contribution in [0.4, 0.5) is 0 Å². The van der Waals surface area contributed by atoms with Crippen LogP contribution >= 0.6 is 0 Å². The number of fused-ring (bicyclic) bond motifs is 3. The Morgan fingerprint density at radius 1 is 1.32 bits per heavy atom. The Kier molecular flexibility index (Phi) is 2.68. The minimum atomic E-state index is 0.0854. The Labute approximate surface area is 131 Å². The third kappa shape index (κ3) is 1.61. The molecule has 0 saturated carbocycles. The van der Waals surface area contributed by atoms with E-state index >= 15 is 0 Å². The van der Waals surface area contributed by atoms with Crippen LogP contribution in [0.2, 0.25) is 0 Å². The summed E-state index contributed by atoms with van der Waals surface area (Å²) in [5.41, 5.74) is 2.50. The molecule has 3 unspecified atom stereocenters. The molecule has 5 atom stereocenters. The number of rotatable bonds is 2. The highest BCUT2D eigenvalue weighted by Crippen LogP contribution is 2.54. The van der Waals surface area contributed by atoms with E-state index in [0.717, 1.165) is 24.4 Å². The van der Waals surface area contributed by atoms with Gasteiger partial charge in [-0.2, -0.15) is 0 Å². The highest BCUT2D eigenvalue weighted by molar-refractivity contribution is 5.82. The van der Waals surface area contributed by atoms with Crippen molar-refractivity contribution in [3.63, 3.8) is 0 Å². The van der Waals surface area contributed by atoms with E-state index in [1.54, 1.807) is 0 Å². The van der Waals surface area contributed by atoms with Crippen molar-refractivity contribution < 1.29 is 4.74 Å². The Morgan fingerprint density at radius 3 is 3.05 bits per heavy atom. The van der Waals surface area contributed by atoms with Gasteiger partial charge in [0.15, 0.2) is 0 Å². The molecule has 5 fully saturated rings. The highest BCUT2D eigenvalue weighted by atomic mass is 16.5. The van der Waals surface area contributed by atoms with Crippen LogP contribution in [0.5, 0.6) is 0 Å². The summed E-state index contributed by atoms with van der Waals surface area (Å²) in [6.45, 7) is 4.68. The van der Waals surface area contributed by atoms with Crippen LogP contribution in [0.25, 0.3) is 10.9 Å². The van der Waals surface area contributed by atoms with Gasteiger partial charge in [0.25, 0.3) is 0 Å². The zero-order valence-electron chi connectivity index (χ0n) is 13.0. The summed E-state index contributed by atoms with van der Waals surface area (Å²) in [6, 6.07) is 11.2. The zero-order chi connectivity index (χ0) is 14.7. The molecule has 5 aliphatic heterocycles. The monoisotopic (exact) mass is 294 g/mol. The highest BCUT2D eigenvalue weighted by Gasteiger charge is 2.58. The molecule has 4 bridgehead atoms. The summed E-state index contributed by atoms with van der Waals surface area (Å²) in [7, 11) is 0. The number of hydrogen-bond donors (Lipinski definition) is 0. The van der Waals surface area contributed by atoms with Crippen LogP contribution in [0.3, 0.4) is 0 Å². The van der Waals surface area contributed by atoms with Crippen molar-refractivity contribution >= 4 is 10.9 Å². The number of benzene rings is 1. The number of piperidine rings is 3. The lowest BCUT2D eigenvalue weighted by atomic mass is 9.66. The molecule has 1 aromatic carbocycles. The van der Waals surface area contributed by atoms with Crippen molar-refractivity contribution in [3.05, 3.63) is 42.1 Å². The Bertz CT molecular complexity index is 725. The number of ether oxygens (including phenoxy) is 1. The smallest absolute Gasteiger partial charge is 0.0995 e. The molecule has 0 spiro atoms. The fourth-order valence-corrected chi connectivity index (χ4v) is 5.09.